The summed E-state index contributed by atoms with van der Waals surface area (Å²) in [5.74, 6) is 3.76. The van der Waals surface area contributed by atoms with Gasteiger partial charge in [-0.25, -0.2) is 9.97 Å². The smallest absolute Gasteiger partial charge is 0.143 e. The zero-order chi connectivity index (χ0) is 12.7. The normalized spacial score (nSPS) is 10.6. The number of nitrogens with zero attached hydrogens (tertiary/aromatic N) is 2. The Balaban J connectivity index is 2.86. The standard InChI is InChI=1S/C11H18IN3OS/c1-4-5-17-7-9-14-8(6-16-3)10(12)11(13-2)15-9/h4-7H2,1-3H3,(H,13,14,15). The van der Waals surface area contributed by atoms with Crippen molar-refractivity contribution in [2.75, 3.05) is 25.2 Å². The summed E-state index contributed by atoms with van der Waals surface area (Å²) >= 11 is 4.11. The van der Waals surface area contributed by atoms with E-state index in [1.54, 1.807) is 7.11 Å². The van der Waals surface area contributed by atoms with Crippen molar-refractivity contribution in [3.05, 3.63) is 15.1 Å². The quantitative estimate of drug-likeness (QED) is 0.593. The highest BCUT2D eigenvalue weighted by molar-refractivity contribution is 14.1. The van der Waals surface area contributed by atoms with E-state index in [1.807, 2.05) is 18.8 Å². The molecule has 0 saturated carbocycles. The highest BCUT2D eigenvalue weighted by Crippen LogP contribution is 2.21. The molecule has 96 valence electrons. The highest BCUT2D eigenvalue weighted by atomic mass is 127. The van der Waals surface area contributed by atoms with E-state index < -0.39 is 0 Å². The molecule has 0 radical (unpaired) electrons. The second-order valence-electron chi connectivity index (χ2n) is 3.48. The summed E-state index contributed by atoms with van der Waals surface area (Å²) in [5, 5.41) is 3.10. The van der Waals surface area contributed by atoms with E-state index in [1.165, 1.54) is 6.42 Å². The Kier molecular flexibility index (Phi) is 7.14. The molecule has 0 saturated heterocycles. The van der Waals surface area contributed by atoms with Crippen molar-refractivity contribution in [3.63, 3.8) is 0 Å². The Morgan fingerprint density at radius 1 is 1.41 bits per heavy atom. The summed E-state index contributed by atoms with van der Waals surface area (Å²) in [5.41, 5.74) is 0.958. The molecule has 1 rings (SSSR count). The van der Waals surface area contributed by atoms with E-state index in [0.717, 1.165) is 32.4 Å². The summed E-state index contributed by atoms with van der Waals surface area (Å²) in [6, 6.07) is 0. The molecule has 17 heavy (non-hydrogen) atoms. The molecule has 0 unspecified atom stereocenters. The van der Waals surface area contributed by atoms with E-state index >= 15 is 0 Å². The predicted octanol–water partition coefficient (Wildman–Crippen LogP) is 2.91. The average molecular weight is 367 g/mol. The van der Waals surface area contributed by atoms with Gasteiger partial charge in [-0.05, 0) is 34.8 Å². The molecule has 0 amide bonds. The first-order valence-electron chi connectivity index (χ1n) is 5.52. The summed E-state index contributed by atoms with van der Waals surface area (Å²) in [6.07, 6.45) is 1.18. The second-order valence-corrected chi connectivity index (χ2v) is 5.67. The molecular weight excluding hydrogens is 349 g/mol. The maximum atomic E-state index is 5.16. The highest BCUT2D eigenvalue weighted by Gasteiger charge is 2.11. The SMILES string of the molecule is CCCSCc1nc(COC)c(I)c(NC)n1. The van der Waals surface area contributed by atoms with E-state index in [0.29, 0.717) is 6.61 Å². The maximum Gasteiger partial charge on any atom is 0.143 e. The minimum absolute atomic E-state index is 0.529. The number of halogens is 1. The van der Waals surface area contributed by atoms with Crippen molar-refractivity contribution >= 4 is 40.2 Å². The third-order valence-corrected chi connectivity index (χ3v) is 4.36. The van der Waals surface area contributed by atoms with Crippen LogP contribution in [0.4, 0.5) is 5.82 Å². The van der Waals surface area contributed by atoms with Gasteiger partial charge in [-0.1, -0.05) is 6.92 Å². The fourth-order valence-electron chi connectivity index (χ4n) is 1.32. The molecule has 1 heterocycles. The van der Waals surface area contributed by atoms with Crippen LogP contribution in [0.2, 0.25) is 0 Å². The summed E-state index contributed by atoms with van der Waals surface area (Å²) in [4.78, 5) is 9.04. The van der Waals surface area contributed by atoms with Crippen LogP contribution in [0.25, 0.3) is 0 Å². The van der Waals surface area contributed by atoms with E-state index in [4.69, 9.17) is 4.74 Å². The zero-order valence-corrected chi connectivity index (χ0v) is 13.4. The molecule has 0 bridgehead atoms. The van der Waals surface area contributed by atoms with Crippen LogP contribution in [0.1, 0.15) is 24.9 Å². The third kappa shape index (κ3) is 4.59. The number of rotatable bonds is 7. The van der Waals surface area contributed by atoms with Gasteiger partial charge >= 0.3 is 0 Å². The van der Waals surface area contributed by atoms with Crippen LogP contribution in [-0.4, -0.2) is 29.9 Å². The minimum Gasteiger partial charge on any atom is -0.378 e. The predicted molar refractivity (Wildman–Crippen MR) is 81.5 cm³/mol. The number of methoxy groups -OCH3 is 1. The number of aromatic nitrogens is 2. The van der Waals surface area contributed by atoms with Gasteiger partial charge in [-0.15, -0.1) is 0 Å². The molecule has 0 aliphatic heterocycles. The van der Waals surface area contributed by atoms with Crippen molar-refractivity contribution in [1.29, 1.82) is 0 Å². The van der Waals surface area contributed by atoms with Gasteiger partial charge in [0.2, 0.25) is 0 Å². The fraction of sp³-hybridized carbons (Fsp3) is 0.636. The van der Waals surface area contributed by atoms with Crippen LogP contribution in [0.3, 0.4) is 0 Å². The van der Waals surface area contributed by atoms with Gasteiger partial charge in [-0.3, -0.25) is 0 Å². The lowest BCUT2D eigenvalue weighted by Gasteiger charge is -2.10. The monoisotopic (exact) mass is 367 g/mol. The van der Waals surface area contributed by atoms with E-state index in [2.05, 4.69) is 44.8 Å². The van der Waals surface area contributed by atoms with Gasteiger partial charge in [0.05, 0.1) is 21.6 Å². The maximum absolute atomic E-state index is 5.16. The summed E-state index contributed by atoms with van der Waals surface area (Å²) in [6.45, 7) is 2.71. The molecule has 0 spiro atoms. The van der Waals surface area contributed by atoms with Crippen LogP contribution in [0, 0.1) is 3.57 Å². The van der Waals surface area contributed by atoms with Gasteiger partial charge in [0.1, 0.15) is 11.6 Å². The van der Waals surface area contributed by atoms with Crippen molar-refractivity contribution in [2.45, 2.75) is 25.7 Å². The molecule has 0 aliphatic rings. The Morgan fingerprint density at radius 3 is 2.76 bits per heavy atom. The molecule has 1 aromatic rings. The first kappa shape index (κ1) is 15.0. The van der Waals surface area contributed by atoms with Crippen LogP contribution >= 0.6 is 34.4 Å². The van der Waals surface area contributed by atoms with Crippen molar-refractivity contribution in [1.82, 2.24) is 9.97 Å². The third-order valence-electron chi connectivity index (χ3n) is 2.06. The molecule has 6 heteroatoms. The molecule has 0 aliphatic carbocycles. The van der Waals surface area contributed by atoms with Crippen LogP contribution in [0.15, 0.2) is 0 Å². The topological polar surface area (TPSA) is 47.0 Å². The van der Waals surface area contributed by atoms with Gasteiger partial charge < -0.3 is 10.1 Å². The van der Waals surface area contributed by atoms with Gasteiger partial charge in [0.15, 0.2) is 0 Å². The van der Waals surface area contributed by atoms with Crippen LogP contribution < -0.4 is 5.32 Å². The molecule has 0 aromatic carbocycles. The number of anilines is 1. The largest absolute Gasteiger partial charge is 0.378 e. The zero-order valence-electron chi connectivity index (χ0n) is 10.4. The number of thioether (sulfide) groups is 1. The number of hydrogen-bond donors (Lipinski definition) is 1. The van der Waals surface area contributed by atoms with Crippen molar-refractivity contribution in [3.8, 4) is 0 Å². The Bertz CT molecular complexity index is 363. The molecule has 4 nitrogen and oxygen atoms in total. The number of ether oxygens (including phenoxy) is 1. The first-order chi connectivity index (χ1) is 8.22. The lowest BCUT2D eigenvalue weighted by molar-refractivity contribution is 0.180. The summed E-state index contributed by atoms with van der Waals surface area (Å²) in [7, 11) is 3.56. The minimum atomic E-state index is 0.529. The number of hydrogen-bond acceptors (Lipinski definition) is 5. The molecule has 0 fully saturated rings. The second kappa shape index (κ2) is 8.10. The molecular formula is C11H18IN3OS. The van der Waals surface area contributed by atoms with Crippen LogP contribution in [0.5, 0.6) is 0 Å². The Labute approximate surface area is 120 Å². The fourth-order valence-corrected chi connectivity index (χ4v) is 2.73. The molecule has 1 aromatic heterocycles. The van der Waals surface area contributed by atoms with Gasteiger partial charge in [-0.2, -0.15) is 11.8 Å². The summed E-state index contributed by atoms with van der Waals surface area (Å²) < 4.78 is 6.20. The lowest BCUT2D eigenvalue weighted by atomic mass is 10.4. The molecule has 0 atom stereocenters. The van der Waals surface area contributed by atoms with E-state index in [9.17, 15) is 0 Å². The van der Waals surface area contributed by atoms with Gasteiger partial charge in [0.25, 0.3) is 0 Å². The van der Waals surface area contributed by atoms with E-state index in [-0.39, 0.29) is 0 Å². The molecule has 1 N–H and O–H groups in total. The Morgan fingerprint density at radius 2 is 2.18 bits per heavy atom. The van der Waals surface area contributed by atoms with Gasteiger partial charge in [0, 0.05) is 14.2 Å². The average Bonchev–Trinajstić information content (AvgIpc) is 2.33. The van der Waals surface area contributed by atoms with Crippen LogP contribution in [-0.2, 0) is 17.1 Å². The van der Waals surface area contributed by atoms with Crippen molar-refractivity contribution in [2.24, 2.45) is 0 Å². The Hall–Kier alpha value is -0.0800. The lowest BCUT2D eigenvalue weighted by Crippen LogP contribution is -2.07. The first-order valence-corrected chi connectivity index (χ1v) is 7.76. The number of nitrogens with one attached hydrogen (secondary N) is 1. The van der Waals surface area contributed by atoms with Crippen molar-refractivity contribution < 1.29 is 4.74 Å².